The first kappa shape index (κ1) is 49.9. The lowest BCUT2D eigenvalue weighted by Gasteiger charge is -2.35. The molecule has 0 aromatic heterocycles. The Balaban J connectivity index is 0.785. The predicted molar refractivity (Wildman–Crippen MR) is 333 cm³/mol. The zero-order chi connectivity index (χ0) is 57.4. The van der Waals surface area contributed by atoms with Crippen molar-refractivity contribution in [1.29, 1.82) is 0 Å². The summed E-state index contributed by atoms with van der Waals surface area (Å²) in [6.45, 7) is 16.3. The number of anilines is 3. The number of imide groups is 3. The van der Waals surface area contributed by atoms with Crippen LogP contribution >= 0.6 is 0 Å². The molecule has 9 nitrogen and oxygen atoms in total. The SMILES string of the molecule is Cc1cc(N2C(=O)c3cccc4c(-c5ccccc5N5C(=O)c6ccc7c8c(ccc(c68)C5=O)C(=O)N(c5cc(C(C)(C)C)ccc5C(C)(C)C)C7=O)ccc(c34)C2=O)c(C)cc1-c1ccc2c3cccc4cccc(c5cccc1c52)c43. The number of para-hydroxylation sites is 1. The van der Waals surface area contributed by atoms with Crippen LogP contribution < -0.4 is 14.7 Å². The van der Waals surface area contributed by atoms with Crippen molar-refractivity contribution >= 4 is 117 Å². The molecule has 400 valence electrons. The van der Waals surface area contributed by atoms with Gasteiger partial charge in [0.05, 0.1) is 17.1 Å². The highest BCUT2D eigenvalue weighted by atomic mass is 16.2. The van der Waals surface area contributed by atoms with Crippen molar-refractivity contribution in [3.05, 3.63) is 232 Å². The van der Waals surface area contributed by atoms with Gasteiger partial charge in [0.15, 0.2) is 0 Å². The van der Waals surface area contributed by atoms with Gasteiger partial charge in [-0.2, -0.15) is 0 Å². The van der Waals surface area contributed by atoms with Crippen LogP contribution in [-0.4, -0.2) is 35.4 Å². The van der Waals surface area contributed by atoms with Gasteiger partial charge in [-0.1, -0.05) is 157 Å². The molecule has 3 heterocycles. The summed E-state index contributed by atoms with van der Waals surface area (Å²) in [6, 6.07) is 56.2. The normalized spacial score (nSPS) is 14.6. The molecule has 6 amide bonds. The van der Waals surface area contributed by atoms with Gasteiger partial charge in [-0.3, -0.25) is 28.8 Å². The number of nitrogens with zero attached hydrogens (tertiary/aromatic N) is 3. The van der Waals surface area contributed by atoms with Crippen LogP contribution in [-0.2, 0) is 10.8 Å². The fourth-order valence-electron chi connectivity index (χ4n) is 13.8. The summed E-state index contributed by atoms with van der Waals surface area (Å²) in [5.74, 6) is -3.24. The van der Waals surface area contributed by atoms with Gasteiger partial charge in [0.25, 0.3) is 35.4 Å². The molecule has 12 aromatic carbocycles. The standard InChI is InChI=1S/C74H53N3O6/c1-38-36-60(39(2)35-57(38)43-26-28-50-48-19-12-16-40-15-11-18-47(62(40)48)49-22-13-20-46(43)63(49)50)76-67(78)51-23-14-21-45-42(27-29-52(64(45)51)68(76)79)44-17-9-10-24-59(44)75-69(80)53-30-32-55-66-56(33-31-54(65(53)66)70(75)81)72(83)77(71(55)82)61-37-41(73(3,4)5)25-34-58(61)74(6,7)8/h9-37H,1-8H3. The van der Waals surface area contributed by atoms with E-state index in [2.05, 4.69) is 93.6 Å². The summed E-state index contributed by atoms with van der Waals surface area (Å²) in [5, 5.41) is 11.2. The number of amides is 6. The van der Waals surface area contributed by atoms with E-state index in [1.54, 1.807) is 54.6 Å². The first-order chi connectivity index (χ1) is 39.8. The van der Waals surface area contributed by atoms with E-state index in [0.717, 1.165) is 43.7 Å². The molecule has 3 aliphatic heterocycles. The smallest absolute Gasteiger partial charge is 0.266 e. The van der Waals surface area contributed by atoms with Crippen molar-refractivity contribution in [2.75, 3.05) is 14.7 Å². The summed E-state index contributed by atoms with van der Waals surface area (Å²) in [7, 11) is 0. The van der Waals surface area contributed by atoms with E-state index in [0.29, 0.717) is 44.4 Å². The molecule has 0 saturated heterocycles. The number of fused-ring (bicyclic) bond motifs is 2. The number of rotatable bonds is 5. The van der Waals surface area contributed by atoms with Crippen LogP contribution in [0.25, 0.3) is 86.9 Å². The van der Waals surface area contributed by atoms with Crippen molar-refractivity contribution in [1.82, 2.24) is 0 Å². The third kappa shape index (κ3) is 6.88. The third-order valence-corrected chi connectivity index (χ3v) is 17.7. The second-order valence-electron chi connectivity index (χ2n) is 24.6. The molecule has 0 bridgehead atoms. The molecule has 83 heavy (non-hydrogen) atoms. The topological polar surface area (TPSA) is 112 Å². The van der Waals surface area contributed by atoms with Crippen LogP contribution in [0.1, 0.15) is 126 Å². The van der Waals surface area contributed by atoms with Gasteiger partial charge in [0, 0.05) is 55.1 Å². The lowest BCUT2D eigenvalue weighted by Crippen LogP contribution is -2.44. The van der Waals surface area contributed by atoms with Crippen molar-refractivity contribution in [2.45, 2.75) is 66.2 Å². The first-order valence-corrected chi connectivity index (χ1v) is 28.1. The highest BCUT2D eigenvalue weighted by Crippen LogP contribution is 2.49. The second-order valence-corrected chi connectivity index (χ2v) is 24.6. The summed E-state index contributed by atoms with van der Waals surface area (Å²) in [6.07, 6.45) is 0. The molecule has 9 heteroatoms. The van der Waals surface area contributed by atoms with Crippen molar-refractivity contribution < 1.29 is 28.8 Å². The highest BCUT2D eigenvalue weighted by Gasteiger charge is 2.43. The van der Waals surface area contributed by atoms with Gasteiger partial charge in [-0.15, -0.1) is 0 Å². The lowest BCUT2D eigenvalue weighted by molar-refractivity contribution is 0.0872. The van der Waals surface area contributed by atoms with E-state index in [1.807, 2.05) is 83.1 Å². The van der Waals surface area contributed by atoms with Crippen LogP contribution in [0.2, 0.25) is 0 Å². The molecule has 15 rings (SSSR count). The van der Waals surface area contributed by atoms with Crippen LogP contribution in [0.5, 0.6) is 0 Å². The number of carbonyl (C=O) groups is 6. The van der Waals surface area contributed by atoms with Gasteiger partial charge in [-0.25, -0.2) is 14.7 Å². The molecule has 0 saturated carbocycles. The molecule has 0 radical (unpaired) electrons. The van der Waals surface area contributed by atoms with Crippen LogP contribution in [0, 0.1) is 13.8 Å². The number of carbonyl (C=O) groups excluding carboxylic acids is 6. The third-order valence-electron chi connectivity index (χ3n) is 17.7. The number of benzene rings is 12. The average molecular weight is 1080 g/mol. The molecule has 0 aliphatic carbocycles. The minimum Gasteiger partial charge on any atom is -0.268 e. The van der Waals surface area contributed by atoms with E-state index in [-0.39, 0.29) is 44.1 Å². The Bertz CT molecular complexity index is 4910. The Morgan fingerprint density at radius 3 is 1.28 bits per heavy atom. The summed E-state index contributed by atoms with van der Waals surface area (Å²) < 4.78 is 0. The van der Waals surface area contributed by atoms with Gasteiger partial charge in [-0.05, 0) is 173 Å². The molecule has 12 aromatic rings. The molecule has 0 N–H and O–H groups in total. The predicted octanol–water partition coefficient (Wildman–Crippen LogP) is 17.0. The summed E-state index contributed by atoms with van der Waals surface area (Å²) >= 11 is 0. The van der Waals surface area contributed by atoms with Crippen LogP contribution in [0.15, 0.2) is 176 Å². The quantitative estimate of drug-likeness (QED) is 0.0964. The van der Waals surface area contributed by atoms with E-state index < -0.39 is 40.9 Å². The van der Waals surface area contributed by atoms with Gasteiger partial charge in [0.1, 0.15) is 0 Å². The molecule has 0 unspecified atom stereocenters. The zero-order valence-electron chi connectivity index (χ0n) is 47.0. The summed E-state index contributed by atoms with van der Waals surface area (Å²) in [5.41, 5.74) is 8.71. The first-order valence-electron chi connectivity index (χ1n) is 28.1. The zero-order valence-corrected chi connectivity index (χ0v) is 47.0. The molecule has 0 spiro atoms. The van der Waals surface area contributed by atoms with E-state index >= 15 is 19.2 Å². The highest BCUT2D eigenvalue weighted by molar-refractivity contribution is 6.43. The van der Waals surface area contributed by atoms with E-state index in [1.165, 1.54) is 47.5 Å². The van der Waals surface area contributed by atoms with Crippen molar-refractivity contribution in [3.8, 4) is 22.3 Å². The Kier molecular flexibility index (Phi) is 10.3. The average Bonchev–Trinajstić information content (AvgIpc) is 1.54. The largest absolute Gasteiger partial charge is 0.268 e. The second kappa shape index (κ2) is 17.2. The maximum Gasteiger partial charge on any atom is 0.266 e. The number of aryl methyl sites for hydroxylation is 2. The molecule has 0 fully saturated rings. The Labute approximate surface area is 478 Å². The fraction of sp³-hybridized carbons (Fsp3) is 0.135. The number of hydrogen-bond acceptors (Lipinski definition) is 6. The lowest BCUT2D eigenvalue weighted by atomic mass is 9.80. The molecule has 0 atom stereocenters. The maximum absolute atomic E-state index is 15.1. The number of hydrogen-bond donors (Lipinski definition) is 0. The van der Waals surface area contributed by atoms with Gasteiger partial charge >= 0.3 is 0 Å². The minimum atomic E-state index is -0.623. The molecular formula is C74H53N3O6. The fourth-order valence-corrected chi connectivity index (χ4v) is 13.8. The molecule has 3 aliphatic rings. The van der Waals surface area contributed by atoms with Gasteiger partial charge < -0.3 is 0 Å². The van der Waals surface area contributed by atoms with E-state index in [9.17, 15) is 9.59 Å². The van der Waals surface area contributed by atoms with Gasteiger partial charge in [0.2, 0.25) is 0 Å². The Morgan fingerprint density at radius 2 is 0.699 bits per heavy atom. The minimum absolute atomic E-state index is 0.172. The monoisotopic (exact) mass is 1080 g/mol. The van der Waals surface area contributed by atoms with E-state index in [4.69, 9.17) is 0 Å². The Morgan fingerprint density at radius 1 is 0.277 bits per heavy atom. The van der Waals surface area contributed by atoms with Crippen molar-refractivity contribution in [3.63, 3.8) is 0 Å². The van der Waals surface area contributed by atoms with Crippen molar-refractivity contribution in [2.24, 2.45) is 0 Å². The summed E-state index contributed by atoms with van der Waals surface area (Å²) in [4.78, 5) is 93.6. The van der Waals surface area contributed by atoms with Crippen LogP contribution in [0.4, 0.5) is 17.1 Å². The maximum atomic E-state index is 15.1. The van der Waals surface area contributed by atoms with Crippen LogP contribution in [0.3, 0.4) is 0 Å². The Hall–Kier alpha value is -10.1. The molecular weight excluding hydrogens is 1030 g/mol.